The number of fused-ring (bicyclic) bond motifs is 1. The van der Waals surface area contributed by atoms with E-state index in [-0.39, 0.29) is 18.4 Å². The van der Waals surface area contributed by atoms with Crippen molar-refractivity contribution in [2.45, 2.75) is 37.9 Å². The van der Waals surface area contributed by atoms with Gasteiger partial charge in [-0.3, -0.25) is 4.79 Å². The monoisotopic (exact) mass is 381 g/mol. The van der Waals surface area contributed by atoms with E-state index in [4.69, 9.17) is 0 Å². The van der Waals surface area contributed by atoms with E-state index in [1.165, 1.54) is 9.21 Å². The van der Waals surface area contributed by atoms with Gasteiger partial charge in [0.15, 0.2) is 0 Å². The highest BCUT2D eigenvalue weighted by Gasteiger charge is 2.56. The van der Waals surface area contributed by atoms with Gasteiger partial charge in [0.25, 0.3) is 0 Å². The Labute approximate surface area is 153 Å². The molecule has 0 aromatic heterocycles. The quantitative estimate of drug-likeness (QED) is 0.852. The maximum absolute atomic E-state index is 12.9. The lowest BCUT2D eigenvalue weighted by Gasteiger charge is -2.34. The van der Waals surface area contributed by atoms with Crippen LogP contribution in [-0.4, -0.2) is 65.2 Å². The van der Waals surface area contributed by atoms with Gasteiger partial charge in [0.2, 0.25) is 5.91 Å². The van der Waals surface area contributed by atoms with E-state index in [1.807, 2.05) is 18.2 Å². The molecule has 1 aromatic carbocycles. The first-order valence-electron chi connectivity index (χ1n) is 8.52. The normalized spacial score (nSPS) is 27.8. The Morgan fingerprint density at radius 1 is 1.15 bits per heavy atom. The summed E-state index contributed by atoms with van der Waals surface area (Å²) in [7, 11) is -0.792. The third-order valence-corrected chi connectivity index (χ3v) is 7.07. The molecule has 1 aliphatic carbocycles. The van der Waals surface area contributed by atoms with Crippen LogP contribution in [0.3, 0.4) is 0 Å². The van der Waals surface area contributed by atoms with Crippen molar-refractivity contribution in [3.63, 3.8) is 0 Å². The van der Waals surface area contributed by atoms with Crippen molar-refractivity contribution in [2.75, 3.05) is 14.1 Å². The Kier molecular flexibility index (Phi) is 4.94. The molecular weight excluding hydrogens is 358 g/mol. The van der Waals surface area contributed by atoms with Crippen LogP contribution in [0, 0.1) is 5.92 Å². The number of carbonyl (C=O) groups excluding carboxylic acids is 1. The molecule has 3 atom stereocenters. The molecule has 2 fully saturated rings. The molecule has 26 heavy (non-hydrogen) atoms. The zero-order valence-electron chi connectivity index (χ0n) is 14.8. The predicted octanol–water partition coefficient (Wildman–Crippen LogP) is 1.35. The van der Waals surface area contributed by atoms with Crippen LogP contribution in [0.15, 0.2) is 30.3 Å². The summed E-state index contributed by atoms with van der Waals surface area (Å²) in [5.74, 6) is -0.345. The van der Waals surface area contributed by atoms with Crippen molar-refractivity contribution in [3.8, 4) is 0 Å². The van der Waals surface area contributed by atoms with Crippen molar-refractivity contribution in [1.29, 1.82) is 0 Å². The van der Waals surface area contributed by atoms with Crippen molar-refractivity contribution < 1.29 is 23.1 Å². The summed E-state index contributed by atoms with van der Waals surface area (Å²) in [6.45, 7) is 0.0942. The maximum atomic E-state index is 12.9. The molecule has 142 valence electrons. The molecule has 2 amide bonds. The lowest BCUT2D eigenvalue weighted by atomic mass is 9.81. The Morgan fingerprint density at radius 2 is 1.81 bits per heavy atom. The summed E-state index contributed by atoms with van der Waals surface area (Å²) in [6.07, 6.45) is -0.298. The highest BCUT2D eigenvalue weighted by molar-refractivity contribution is 7.87. The van der Waals surface area contributed by atoms with E-state index in [0.29, 0.717) is 23.6 Å². The highest BCUT2D eigenvalue weighted by Crippen LogP contribution is 2.41. The molecule has 0 spiro atoms. The molecule has 1 saturated heterocycles. The number of nitrogens with zero attached hydrogens (tertiary/aromatic N) is 3. The molecule has 1 heterocycles. The van der Waals surface area contributed by atoms with Crippen LogP contribution in [0.1, 0.15) is 24.8 Å². The van der Waals surface area contributed by atoms with E-state index in [9.17, 15) is 23.1 Å². The van der Waals surface area contributed by atoms with E-state index < -0.39 is 28.4 Å². The summed E-state index contributed by atoms with van der Waals surface area (Å²) in [4.78, 5) is 25.5. The van der Waals surface area contributed by atoms with Crippen molar-refractivity contribution >= 4 is 22.2 Å². The van der Waals surface area contributed by atoms with Gasteiger partial charge in [-0.05, 0) is 24.8 Å². The van der Waals surface area contributed by atoms with Gasteiger partial charge >= 0.3 is 16.3 Å². The van der Waals surface area contributed by atoms with Gasteiger partial charge in [-0.1, -0.05) is 30.3 Å². The Bertz CT molecular complexity index is 796. The minimum atomic E-state index is -4.14. The summed E-state index contributed by atoms with van der Waals surface area (Å²) in [6, 6.07) is 7.89. The molecule has 1 aromatic rings. The van der Waals surface area contributed by atoms with Crippen LogP contribution < -0.4 is 0 Å². The molecule has 2 aliphatic rings. The largest absolute Gasteiger partial charge is 0.464 e. The first kappa shape index (κ1) is 18.7. The molecule has 0 unspecified atom stereocenters. The second-order valence-corrected chi connectivity index (χ2v) is 8.75. The predicted molar refractivity (Wildman–Crippen MR) is 94.4 cm³/mol. The Hall–Kier alpha value is -2.13. The second-order valence-electron chi connectivity index (χ2n) is 6.99. The molecule has 3 rings (SSSR count). The van der Waals surface area contributed by atoms with Crippen LogP contribution in [-0.2, 0) is 21.5 Å². The van der Waals surface area contributed by atoms with Crippen molar-refractivity contribution in [2.24, 2.45) is 5.92 Å². The SMILES string of the molecule is CN(C)C(=O)[C@H]1CC[C@H]2[C@@H](C1)N(Cc1ccccc1)S(=O)(=O)N2C(=O)O. The number of hydrogen-bond acceptors (Lipinski definition) is 4. The fourth-order valence-corrected chi connectivity index (χ4v) is 5.85. The van der Waals surface area contributed by atoms with Gasteiger partial charge in [-0.15, -0.1) is 0 Å². The number of carbonyl (C=O) groups is 2. The summed E-state index contributed by atoms with van der Waals surface area (Å²) >= 11 is 0. The third-order valence-electron chi connectivity index (χ3n) is 5.16. The Morgan fingerprint density at radius 3 is 2.38 bits per heavy atom. The van der Waals surface area contributed by atoms with Gasteiger partial charge in [-0.25, -0.2) is 4.79 Å². The van der Waals surface area contributed by atoms with Gasteiger partial charge < -0.3 is 10.0 Å². The number of amides is 2. The first-order chi connectivity index (χ1) is 12.2. The second kappa shape index (κ2) is 6.88. The number of benzene rings is 1. The maximum Gasteiger partial charge on any atom is 0.422 e. The van der Waals surface area contributed by atoms with E-state index >= 15 is 0 Å². The molecule has 9 heteroatoms. The molecule has 1 aliphatic heterocycles. The van der Waals surface area contributed by atoms with E-state index in [1.54, 1.807) is 26.2 Å². The molecular formula is C17H23N3O5S. The van der Waals surface area contributed by atoms with Gasteiger partial charge in [0.05, 0.1) is 6.04 Å². The van der Waals surface area contributed by atoms with Crippen LogP contribution in [0.5, 0.6) is 0 Å². The van der Waals surface area contributed by atoms with Crippen LogP contribution in [0.4, 0.5) is 4.79 Å². The smallest absolute Gasteiger partial charge is 0.422 e. The lowest BCUT2D eigenvalue weighted by Crippen LogP contribution is -2.46. The fraction of sp³-hybridized carbons (Fsp3) is 0.529. The minimum absolute atomic E-state index is 0.0470. The number of carboxylic acid groups (broad SMARTS) is 1. The summed E-state index contributed by atoms with van der Waals surface area (Å²) in [5, 5.41) is 9.48. The van der Waals surface area contributed by atoms with Crippen LogP contribution in [0.2, 0.25) is 0 Å². The molecule has 1 N–H and O–H groups in total. The topological polar surface area (TPSA) is 98.2 Å². The number of rotatable bonds is 3. The molecule has 8 nitrogen and oxygen atoms in total. The van der Waals surface area contributed by atoms with Crippen molar-refractivity contribution in [3.05, 3.63) is 35.9 Å². The highest BCUT2D eigenvalue weighted by atomic mass is 32.2. The number of hydrogen-bond donors (Lipinski definition) is 1. The first-order valence-corrected chi connectivity index (χ1v) is 9.92. The fourth-order valence-electron chi connectivity index (χ4n) is 3.96. The minimum Gasteiger partial charge on any atom is -0.464 e. The lowest BCUT2D eigenvalue weighted by molar-refractivity contribution is -0.134. The van der Waals surface area contributed by atoms with Gasteiger partial charge in [-0.2, -0.15) is 17.0 Å². The van der Waals surface area contributed by atoms with Crippen LogP contribution >= 0.6 is 0 Å². The molecule has 0 radical (unpaired) electrons. The molecule has 0 bridgehead atoms. The third kappa shape index (κ3) is 3.16. The average molecular weight is 381 g/mol. The van der Waals surface area contributed by atoms with Gasteiger partial charge in [0, 0.05) is 32.6 Å². The summed E-state index contributed by atoms with van der Waals surface area (Å²) in [5.41, 5.74) is 0.781. The zero-order chi connectivity index (χ0) is 19.1. The standard InChI is InChI=1S/C17H23N3O5S/c1-18(2)16(21)13-8-9-14-15(10-13)19(11-12-6-4-3-5-7-12)26(24,25)20(14)17(22)23/h3-7,13-15H,8-11H2,1-2H3,(H,22,23)/t13-,14-,15+/m0/s1. The van der Waals surface area contributed by atoms with Crippen LogP contribution in [0.25, 0.3) is 0 Å². The van der Waals surface area contributed by atoms with Gasteiger partial charge in [0.1, 0.15) is 0 Å². The van der Waals surface area contributed by atoms with Crippen molar-refractivity contribution in [1.82, 2.24) is 13.5 Å². The van der Waals surface area contributed by atoms with E-state index in [2.05, 4.69) is 0 Å². The van der Waals surface area contributed by atoms with E-state index in [0.717, 1.165) is 5.56 Å². The molecule has 1 saturated carbocycles. The zero-order valence-corrected chi connectivity index (χ0v) is 15.6. The summed E-state index contributed by atoms with van der Waals surface area (Å²) < 4.78 is 27.6. The Balaban J connectivity index is 1.94. The average Bonchev–Trinajstić information content (AvgIpc) is 2.81.